The van der Waals surface area contributed by atoms with Crippen molar-refractivity contribution in [3.05, 3.63) is 52.5 Å². The fourth-order valence-corrected chi connectivity index (χ4v) is 4.07. The molecule has 2 aliphatic heterocycles. The van der Waals surface area contributed by atoms with Gasteiger partial charge in [0.15, 0.2) is 0 Å². The summed E-state index contributed by atoms with van der Waals surface area (Å²) in [7, 11) is 0. The fraction of sp³-hybridized carbons (Fsp3) is 0.389. The second-order valence-corrected chi connectivity index (χ2v) is 7.33. The molecule has 2 saturated heterocycles. The van der Waals surface area contributed by atoms with Crippen LogP contribution in [0.2, 0.25) is 0 Å². The monoisotopic (exact) mass is 371 g/mol. The number of amides is 2. The highest BCUT2D eigenvalue weighted by Crippen LogP contribution is 2.22. The molecule has 7 nitrogen and oxygen atoms in total. The van der Waals surface area contributed by atoms with Crippen LogP contribution < -0.4 is 10.9 Å². The van der Waals surface area contributed by atoms with E-state index in [0.717, 1.165) is 11.1 Å². The minimum atomic E-state index is -0.251. The summed E-state index contributed by atoms with van der Waals surface area (Å²) in [4.78, 5) is 33.0. The predicted octanol–water partition coefficient (Wildman–Crippen LogP) is 1.04. The molecular weight excluding hydrogens is 350 g/mol. The normalized spacial score (nSPS) is 23.2. The number of aromatic nitrogens is 1. The quantitative estimate of drug-likeness (QED) is 0.843. The minimum Gasteiger partial charge on any atom is -0.338 e. The number of nitrogens with zero attached hydrogens (tertiary/aromatic N) is 3. The van der Waals surface area contributed by atoms with Crippen molar-refractivity contribution in [1.29, 1.82) is 0 Å². The van der Waals surface area contributed by atoms with E-state index in [2.05, 4.69) is 15.8 Å². The lowest BCUT2D eigenvalue weighted by Gasteiger charge is -2.35. The summed E-state index contributed by atoms with van der Waals surface area (Å²) < 4.78 is 0. The number of thiophene rings is 1. The number of pyridine rings is 1. The van der Waals surface area contributed by atoms with Crippen LogP contribution in [0.1, 0.15) is 28.4 Å². The largest absolute Gasteiger partial charge is 0.338 e. The average molecular weight is 371 g/mol. The molecule has 4 rings (SSSR count). The predicted molar refractivity (Wildman–Crippen MR) is 98.5 cm³/mol. The Kier molecular flexibility index (Phi) is 4.96. The highest BCUT2D eigenvalue weighted by Gasteiger charge is 2.34. The molecular formula is C18H21N5O2S. The summed E-state index contributed by atoms with van der Waals surface area (Å²) in [6, 6.07) is 5.58. The lowest BCUT2D eigenvalue weighted by Crippen LogP contribution is -2.54. The maximum Gasteiger partial charge on any atom is 0.254 e. The first-order chi connectivity index (χ1) is 12.7. The van der Waals surface area contributed by atoms with E-state index in [1.807, 2.05) is 45.0 Å². The Bertz CT molecular complexity index is 759. The van der Waals surface area contributed by atoms with Gasteiger partial charge in [-0.25, -0.2) is 10.9 Å². The first-order valence-corrected chi connectivity index (χ1v) is 9.68. The van der Waals surface area contributed by atoms with Gasteiger partial charge in [0.2, 0.25) is 5.91 Å². The Hall–Kier alpha value is -2.29. The van der Waals surface area contributed by atoms with Gasteiger partial charge in [0.1, 0.15) is 6.04 Å². The molecule has 0 saturated carbocycles. The van der Waals surface area contributed by atoms with Crippen LogP contribution in [0.15, 0.2) is 41.4 Å². The summed E-state index contributed by atoms with van der Waals surface area (Å²) in [5.74, 6) is 0.141. The summed E-state index contributed by atoms with van der Waals surface area (Å²) in [5, 5.41) is 3.77. The second kappa shape index (κ2) is 7.53. The standard InChI is InChI=1S/C18H21N5O2S/c24-17(14-3-9-26-12-14)22-5-7-23(8-6-22)18(25)16-10-15(20-21-16)13-2-1-4-19-11-13/h1-4,9,11-12,15-16,20-21H,5-8,10H2. The number of hydrogen-bond donors (Lipinski definition) is 2. The van der Waals surface area contributed by atoms with Crippen LogP contribution >= 0.6 is 11.3 Å². The van der Waals surface area contributed by atoms with E-state index < -0.39 is 0 Å². The van der Waals surface area contributed by atoms with Crippen LogP contribution in [0.3, 0.4) is 0 Å². The van der Waals surface area contributed by atoms with Crippen molar-refractivity contribution < 1.29 is 9.59 Å². The van der Waals surface area contributed by atoms with Crippen LogP contribution in [-0.4, -0.2) is 58.8 Å². The van der Waals surface area contributed by atoms with Crippen molar-refractivity contribution in [2.45, 2.75) is 18.5 Å². The van der Waals surface area contributed by atoms with Crippen LogP contribution in [0.4, 0.5) is 0 Å². The molecule has 2 fully saturated rings. The van der Waals surface area contributed by atoms with Crippen LogP contribution in [0.25, 0.3) is 0 Å². The molecule has 0 bridgehead atoms. The highest BCUT2D eigenvalue weighted by atomic mass is 32.1. The van der Waals surface area contributed by atoms with Crippen molar-refractivity contribution in [2.75, 3.05) is 26.2 Å². The Morgan fingerprint density at radius 2 is 1.92 bits per heavy atom. The zero-order chi connectivity index (χ0) is 17.9. The van der Waals surface area contributed by atoms with E-state index in [4.69, 9.17) is 0 Å². The van der Waals surface area contributed by atoms with Gasteiger partial charge in [-0.05, 0) is 29.5 Å². The van der Waals surface area contributed by atoms with Gasteiger partial charge in [0, 0.05) is 50.0 Å². The maximum atomic E-state index is 12.8. The Morgan fingerprint density at radius 1 is 1.12 bits per heavy atom. The molecule has 2 N–H and O–H groups in total. The fourth-order valence-electron chi connectivity index (χ4n) is 3.44. The van der Waals surface area contributed by atoms with E-state index in [1.165, 1.54) is 11.3 Å². The number of hydrazine groups is 1. The van der Waals surface area contributed by atoms with E-state index in [0.29, 0.717) is 32.6 Å². The Labute approximate surface area is 156 Å². The summed E-state index contributed by atoms with van der Waals surface area (Å²) >= 11 is 1.52. The summed E-state index contributed by atoms with van der Waals surface area (Å²) in [6.07, 6.45) is 4.25. The molecule has 0 spiro atoms. The van der Waals surface area contributed by atoms with Gasteiger partial charge < -0.3 is 9.80 Å². The summed E-state index contributed by atoms with van der Waals surface area (Å²) in [6.45, 7) is 2.30. The lowest BCUT2D eigenvalue weighted by atomic mass is 10.0. The molecule has 2 aliphatic rings. The lowest BCUT2D eigenvalue weighted by molar-refractivity contribution is -0.134. The number of piperazine rings is 1. The molecule has 2 unspecified atom stereocenters. The third kappa shape index (κ3) is 3.48. The molecule has 26 heavy (non-hydrogen) atoms. The SMILES string of the molecule is O=C(c1ccsc1)N1CCN(C(=O)C2CC(c3cccnc3)NN2)CC1. The molecule has 2 atom stereocenters. The van der Waals surface area contributed by atoms with Crippen molar-refractivity contribution >= 4 is 23.2 Å². The molecule has 0 aromatic carbocycles. The average Bonchev–Trinajstić information content (AvgIpc) is 3.40. The third-order valence-electron chi connectivity index (χ3n) is 4.93. The van der Waals surface area contributed by atoms with Gasteiger partial charge in [-0.3, -0.25) is 14.6 Å². The minimum absolute atomic E-state index is 0.0515. The molecule has 4 heterocycles. The number of hydrogen-bond acceptors (Lipinski definition) is 6. The Morgan fingerprint density at radius 3 is 2.62 bits per heavy atom. The number of carbonyl (C=O) groups excluding carboxylic acids is 2. The molecule has 0 aliphatic carbocycles. The van der Waals surface area contributed by atoms with Crippen molar-refractivity contribution in [3.63, 3.8) is 0 Å². The zero-order valence-corrected chi connectivity index (χ0v) is 15.1. The van der Waals surface area contributed by atoms with Crippen molar-refractivity contribution in [3.8, 4) is 0 Å². The maximum absolute atomic E-state index is 12.8. The molecule has 2 amide bonds. The zero-order valence-electron chi connectivity index (χ0n) is 14.3. The van der Waals surface area contributed by atoms with E-state index >= 15 is 0 Å². The van der Waals surface area contributed by atoms with Gasteiger partial charge in [0.25, 0.3) is 5.91 Å². The van der Waals surface area contributed by atoms with E-state index in [9.17, 15) is 9.59 Å². The van der Waals surface area contributed by atoms with Gasteiger partial charge in [0.05, 0.1) is 5.56 Å². The second-order valence-electron chi connectivity index (χ2n) is 6.55. The van der Waals surface area contributed by atoms with Crippen molar-refractivity contribution in [1.82, 2.24) is 25.6 Å². The van der Waals surface area contributed by atoms with E-state index in [1.54, 1.807) is 6.20 Å². The third-order valence-corrected chi connectivity index (χ3v) is 5.62. The first kappa shape index (κ1) is 17.1. The number of rotatable bonds is 3. The molecule has 2 aromatic rings. The van der Waals surface area contributed by atoms with Crippen molar-refractivity contribution in [2.24, 2.45) is 0 Å². The molecule has 0 radical (unpaired) electrons. The number of nitrogens with one attached hydrogen (secondary N) is 2. The molecule has 136 valence electrons. The van der Waals surface area contributed by atoms with E-state index in [-0.39, 0.29) is 23.9 Å². The summed E-state index contributed by atoms with van der Waals surface area (Å²) in [5.41, 5.74) is 8.10. The van der Waals surface area contributed by atoms with Gasteiger partial charge >= 0.3 is 0 Å². The highest BCUT2D eigenvalue weighted by molar-refractivity contribution is 7.08. The van der Waals surface area contributed by atoms with Crippen LogP contribution in [0, 0.1) is 0 Å². The van der Waals surface area contributed by atoms with Gasteiger partial charge in [-0.2, -0.15) is 11.3 Å². The van der Waals surface area contributed by atoms with Crippen LogP contribution in [0.5, 0.6) is 0 Å². The Balaban J connectivity index is 1.31. The smallest absolute Gasteiger partial charge is 0.254 e. The van der Waals surface area contributed by atoms with Gasteiger partial charge in [-0.15, -0.1) is 0 Å². The molecule has 2 aromatic heterocycles. The number of carbonyl (C=O) groups is 2. The first-order valence-electron chi connectivity index (χ1n) is 8.73. The van der Waals surface area contributed by atoms with Crippen LogP contribution in [-0.2, 0) is 4.79 Å². The topological polar surface area (TPSA) is 77.6 Å². The molecule has 8 heteroatoms. The van der Waals surface area contributed by atoms with Gasteiger partial charge in [-0.1, -0.05) is 6.07 Å².